The largest absolute Gasteiger partial charge is 0.399 e. The van der Waals surface area contributed by atoms with Gasteiger partial charge < -0.3 is 21.4 Å². The van der Waals surface area contributed by atoms with Gasteiger partial charge >= 0.3 is 0 Å². The Hall–Kier alpha value is -4.13. The Morgan fingerprint density at radius 3 is 2.65 bits per heavy atom. The van der Waals surface area contributed by atoms with E-state index in [-0.39, 0.29) is 0 Å². The summed E-state index contributed by atoms with van der Waals surface area (Å²) in [7, 11) is 0. The molecule has 5 N–H and O–H groups in total. The standard InChI is InChI=1S/C24H21N7/c25-17-5-7-19-16(11-17)12-21(29-19)14-1-3-15(4-2-14)23-30-20-8-6-18(13-22(20)31-23)28-24-26-9-10-27-24/h1-8,11,13H,9-10,12,25H2,(H,30,31)(H2,26,27,28). The number of benzene rings is 3. The Morgan fingerprint density at radius 1 is 0.935 bits per heavy atom. The molecule has 0 fully saturated rings. The monoisotopic (exact) mass is 407 g/mol. The number of aliphatic imine (C=N–C) groups is 2. The molecule has 31 heavy (non-hydrogen) atoms. The average Bonchev–Trinajstić information content (AvgIpc) is 3.53. The number of aromatic nitrogens is 2. The van der Waals surface area contributed by atoms with Crippen LogP contribution in [0.2, 0.25) is 0 Å². The number of guanidine groups is 1. The number of fused-ring (bicyclic) bond motifs is 2. The second-order valence-electron chi connectivity index (χ2n) is 7.80. The number of rotatable bonds is 3. The summed E-state index contributed by atoms with van der Waals surface area (Å²) in [4.78, 5) is 17.3. The molecule has 0 unspecified atom stereocenters. The minimum Gasteiger partial charge on any atom is -0.399 e. The summed E-state index contributed by atoms with van der Waals surface area (Å²) >= 11 is 0. The second kappa shape index (κ2) is 6.98. The van der Waals surface area contributed by atoms with Crippen LogP contribution in [0.3, 0.4) is 0 Å². The van der Waals surface area contributed by atoms with Crippen LogP contribution in [0.25, 0.3) is 22.4 Å². The molecule has 0 saturated carbocycles. The van der Waals surface area contributed by atoms with Crippen LogP contribution in [-0.2, 0) is 6.42 Å². The zero-order valence-electron chi connectivity index (χ0n) is 16.8. The van der Waals surface area contributed by atoms with E-state index in [0.717, 1.165) is 76.2 Å². The van der Waals surface area contributed by atoms with Gasteiger partial charge in [0.1, 0.15) is 5.82 Å². The molecule has 0 aliphatic carbocycles. The Kier molecular flexibility index (Phi) is 3.99. The maximum absolute atomic E-state index is 5.91. The normalized spacial score (nSPS) is 14.8. The Labute approximate surface area is 179 Å². The van der Waals surface area contributed by atoms with Crippen LogP contribution in [0, 0.1) is 0 Å². The van der Waals surface area contributed by atoms with Gasteiger partial charge in [-0.2, -0.15) is 0 Å². The average molecular weight is 407 g/mol. The summed E-state index contributed by atoms with van der Waals surface area (Å²) < 4.78 is 0. The van der Waals surface area contributed by atoms with Crippen molar-refractivity contribution < 1.29 is 0 Å². The van der Waals surface area contributed by atoms with E-state index in [9.17, 15) is 0 Å². The van der Waals surface area contributed by atoms with Gasteiger partial charge in [0.05, 0.1) is 29.0 Å². The number of anilines is 2. The third-order valence-corrected chi connectivity index (χ3v) is 5.63. The van der Waals surface area contributed by atoms with Crippen LogP contribution in [0.5, 0.6) is 0 Å². The SMILES string of the molecule is Nc1ccc2c(c1)CC(c1ccc(-c3nc4ccc(NC5=NCCN5)cc4[nH]3)cc1)=N2. The summed E-state index contributed by atoms with van der Waals surface area (Å²) in [6.45, 7) is 1.68. The van der Waals surface area contributed by atoms with E-state index in [0.29, 0.717) is 0 Å². The predicted molar refractivity (Wildman–Crippen MR) is 126 cm³/mol. The highest BCUT2D eigenvalue weighted by molar-refractivity contribution is 6.07. The van der Waals surface area contributed by atoms with Crippen LogP contribution in [0.4, 0.5) is 17.1 Å². The van der Waals surface area contributed by atoms with Gasteiger partial charge in [0.15, 0.2) is 5.96 Å². The number of H-pyrrole nitrogens is 1. The summed E-state index contributed by atoms with van der Waals surface area (Å²) in [5.74, 6) is 1.66. The van der Waals surface area contributed by atoms with Crippen LogP contribution in [-0.4, -0.2) is 34.7 Å². The first-order chi connectivity index (χ1) is 15.2. The zero-order valence-corrected chi connectivity index (χ0v) is 16.8. The third kappa shape index (κ3) is 3.30. The number of hydrogen-bond acceptors (Lipinski definition) is 6. The molecule has 3 heterocycles. The zero-order chi connectivity index (χ0) is 20.8. The van der Waals surface area contributed by atoms with Crippen LogP contribution in [0.15, 0.2) is 70.6 Å². The molecule has 0 bridgehead atoms. The Bertz CT molecular complexity index is 1360. The first kappa shape index (κ1) is 17.7. The van der Waals surface area contributed by atoms with Crippen LogP contribution >= 0.6 is 0 Å². The lowest BCUT2D eigenvalue weighted by Crippen LogP contribution is -2.26. The molecule has 6 rings (SSSR count). The number of imidazole rings is 1. The molecule has 0 spiro atoms. The molecule has 3 aromatic carbocycles. The van der Waals surface area contributed by atoms with Crippen molar-refractivity contribution in [2.24, 2.45) is 9.98 Å². The van der Waals surface area contributed by atoms with Gasteiger partial charge in [-0.1, -0.05) is 24.3 Å². The molecule has 152 valence electrons. The highest BCUT2D eigenvalue weighted by Gasteiger charge is 2.16. The lowest BCUT2D eigenvalue weighted by atomic mass is 10.0. The van der Waals surface area contributed by atoms with E-state index in [1.165, 1.54) is 5.56 Å². The third-order valence-electron chi connectivity index (χ3n) is 5.63. The molecule has 1 aromatic heterocycles. The molecule has 0 radical (unpaired) electrons. The molecular weight excluding hydrogens is 386 g/mol. The number of nitrogens with zero attached hydrogens (tertiary/aromatic N) is 3. The summed E-state index contributed by atoms with van der Waals surface area (Å²) in [5, 5.41) is 6.52. The smallest absolute Gasteiger partial charge is 0.195 e. The van der Waals surface area contributed by atoms with Crippen molar-refractivity contribution in [2.75, 3.05) is 24.1 Å². The molecule has 4 aromatic rings. The lowest BCUT2D eigenvalue weighted by Gasteiger charge is -2.05. The van der Waals surface area contributed by atoms with Crippen molar-refractivity contribution in [3.8, 4) is 11.4 Å². The Morgan fingerprint density at radius 2 is 1.81 bits per heavy atom. The topological polar surface area (TPSA) is 103 Å². The fourth-order valence-corrected chi connectivity index (χ4v) is 4.05. The molecule has 0 saturated heterocycles. The van der Waals surface area contributed by atoms with E-state index in [4.69, 9.17) is 15.7 Å². The van der Waals surface area contributed by atoms with Crippen molar-refractivity contribution in [3.05, 3.63) is 71.8 Å². The first-order valence-electron chi connectivity index (χ1n) is 10.3. The van der Waals surface area contributed by atoms with Gasteiger partial charge in [0.25, 0.3) is 0 Å². The highest BCUT2D eigenvalue weighted by Crippen LogP contribution is 2.31. The Balaban J connectivity index is 1.24. The fraction of sp³-hybridized carbons (Fsp3) is 0.125. The first-order valence-corrected chi connectivity index (χ1v) is 10.3. The van der Waals surface area contributed by atoms with Gasteiger partial charge in [-0.15, -0.1) is 0 Å². The van der Waals surface area contributed by atoms with Crippen molar-refractivity contribution in [3.63, 3.8) is 0 Å². The minimum atomic E-state index is 0.779. The van der Waals surface area contributed by atoms with E-state index in [2.05, 4.69) is 50.9 Å². The van der Waals surface area contributed by atoms with Crippen molar-refractivity contribution >= 4 is 39.8 Å². The van der Waals surface area contributed by atoms with E-state index in [1.807, 2.05) is 30.3 Å². The lowest BCUT2D eigenvalue weighted by molar-refractivity contribution is 0.959. The molecular formula is C24H21N7. The van der Waals surface area contributed by atoms with E-state index >= 15 is 0 Å². The summed E-state index contributed by atoms with van der Waals surface area (Å²) in [6.07, 6.45) is 0.806. The molecule has 2 aliphatic heterocycles. The quantitative estimate of drug-likeness (QED) is 0.387. The molecule has 0 atom stereocenters. The van der Waals surface area contributed by atoms with Crippen molar-refractivity contribution in [1.82, 2.24) is 15.3 Å². The summed E-state index contributed by atoms with van der Waals surface area (Å²) in [6, 6.07) is 20.4. The van der Waals surface area contributed by atoms with Crippen molar-refractivity contribution in [1.29, 1.82) is 0 Å². The van der Waals surface area contributed by atoms with Gasteiger partial charge in [0, 0.05) is 29.9 Å². The number of nitrogens with one attached hydrogen (secondary N) is 3. The van der Waals surface area contributed by atoms with Crippen LogP contribution < -0.4 is 16.4 Å². The minimum absolute atomic E-state index is 0.779. The maximum Gasteiger partial charge on any atom is 0.195 e. The number of nitrogens with two attached hydrogens (primary N) is 1. The van der Waals surface area contributed by atoms with Gasteiger partial charge in [-0.05, 0) is 47.5 Å². The molecule has 7 nitrogen and oxygen atoms in total. The fourth-order valence-electron chi connectivity index (χ4n) is 4.05. The second-order valence-corrected chi connectivity index (χ2v) is 7.80. The highest BCUT2D eigenvalue weighted by atomic mass is 15.2. The number of nitrogen functional groups attached to an aromatic ring is 1. The van der Waals surface area contributed by atoms with Gasteiger partial charge in [-0.3, -0.25) is 9.98 Å². The predicted octanol–water partition coefficient (Wildman–Crippen LogP) is 3.86. The molecule has 0 amide bonds. The van der Waals surface area contributed by atoms with Gasteiger partial charge in [-0.25, -0.2) is 4.98 Å². The number of hydrogen-bond donors (Lipinski definition) is 4. The van der Waals surface area contributed by atoms with E-state index in [1.54, 1.807) is 0 Å². The van der Waals surface area contributed by atoms with E-state index < -0.39 is 0 Å². The molecule has 2 aliphatic rings. The van der Waals surface area contributed by atoms with Crippen LogP contribution in [0.1, 0.15) is 11.1 Å². The van der Waals surface area contributed by atoms with Crippen molar-refractivity contribution in [2.45, 2.75) is 6.42 Å². The summed E-state index contributed by atoms with van der Waals surface area (Å²) in [5.41, 5.74) is 15.0. The molecule has 7 heteroatoms. The number of aromatic amines is 1. The maximum atomic E-state index is 5.91. The van der Waals surface area contributed by atoms with Gasteiger partial charge in [0.2, 0.25) is 0 Å².